The largest absolute Gasteiger partial charge is 0.458 e. The highest BCUT2D eigenvalue weighted by Crippen LogP contribution is 2.55. The highest BCUT2D eigenvalue weighted by atomic mass is 19.4. The minimum Gasteiger partial charge on any atom is -0.458 e. The van der Waals surface area contributed by atoms with Crippen LogP contribution < -0.4 is 5.32 Å². The maximum atomic E-state index is 13.5. The van der Waals surface area contributed by atoms with Crippen molar-refractivity contribution < 1.29 is 56.4 Å². The van der Waals surface area contributed by atoms with Crippen molar-refractivity contribution in [3.05, 3.63) is 41.5 Å². The van der Waals surface area contributed by atoms with E-state index in [-0.39, 0.29) is 32.9 Å². The van der Waals surface area contributed by atoms with Gasteiger partial charge in [0.2, 0.25) is 5.91 Å². The fourth-order valence-electron chi connectivity index (χ4n) is 5.53. The number of rotatable bonds is 8. The topological polar surface area (TPSA) is 133 Å². The summed E-state index contributed by atoms with van der Waals surface area (Å²) in [6.07, 6.45) is -5.27. The van der Waals surface area contributed by atoms with Gasteiger partial charge < -0.3 is 29.4 Å². The van der Waals surface area contributed by atoms with Gasteiger partial charge >= 0.3 is 18.1 Å². The van der Waals surface area contributed by atoms with Crippen LogP contribution in [-0.2, 0) is 44.7 Å². The predicted molar refractivity (Wildman–Crippen MR) is 118 cm³/mol. The SMILES string of the molecule is O=C(C=Cc1ccccc1CN1O[C@@H]2[C@H]3OCO[C@H]3[C@H]3C[C@]2(C(=O)NCCO)[C@@H]1C(=O)O3)OCC(F)(F)F. The van der Waals surface area contributed by atoms with Crippen molar-refractivity contribution >= 4 is 23.9 Å². The van der Waals surface area contributed by atoms with Crippen LogP contribution in [0.4, 0.5) is 13.2 Å². The number of carbonyl (C=O) groups excluding carboxylic acids is 3. The van der Waals surface area contributed by atoms with Crippen LogP contribution in [-0.4, -0.2) is 91.2 Å². The Morgan fingerprint density at radius 1 is 1.24 bits per heavy atom. The molecule has 1 amide bonds. The molecule has 1 aromatic carbocycles. The monoisotopic (exact) mass is 542 g/mol. The van der Waals surface area contributed by atoms with Crippen LogP contribution in [0.5, 0.6) is 0 Å². The first-order chi connectivity index (χ1) is 18.1. The second kappa shape index (κ2) is 10.3. The number of esters is 2. The molecule has 0 aromatic heterocycles. The Labute approximate surface area is 214 Å². The lowest BCUT2D eigenvalue weighted by molar-refractivity contribution is -0.201. The second-order valence-electron chi connectivity index (χ2n) is 9.34. The molecule has 4 fully saturated rings. The van der Waals surface area contributed by atoms with Gasteiger partial charge in [-0.05, 0) is 17.2 Å². The molecule has 206 valence electrons. The van der Waals surface area contributed by atoms with Crippen LogP contribution in [0.25, 0.3) is 6.08 Å². The highest BCUT2D eigenvalue weighted by molar-refractivity contribution is 5.93. The van der Waals surface area contributed by atoms with E-state index in [2.05, 4.69) is 10.1 Å². The van der Waals surface area contributed by atoms with Crippen LogP contribution in [0.3, 0.4) is 0 Å². The number of amides is 1. The number of halogens is 3. The van der Waals surface area contributed by atoms with E-state index in [1.807, 2.05) is 0 Å². The quantitative estimate of drug-likeness (QED) is 0.353. The minimum atomic E-state index is -4.65. The van der Waals surface area contributed by atoms with Crippen LogP contribution in [0, 0.1) is 5.41 Å². The number of nitrogens with one attached hydrogen (secondary N) is 1. The summed E-state index contributed by atoms with van der Waals surface area (Å²) >= 11 is 0. The third-order valence-electron chi connectivity index (χ3n) is 7.05. The Morgan fingerprint density at radius 3 is 2.76 bits per heavy atom. The number of nitrogens with zero attached hydrogens (tertiary/aromatic N) is 1. The number of carbonyl (C=O) groups is 3. The summed E-state index contributed by atoms with van der Waals surface area (Å²) in [5, 5.41) is 13.2. The number of fused-ring (bicyclic) bond motifs is 4. The molecule has 3 saturated heterocycles. The average molecular weight is 542 g/mol. The Kier molecular flexibility index (Phi) is 7.17. The van der Waals surface area contributed by atoms with Gasteiger partial charge in [0, 0.05) is 19.0 Å². The zero-order valence-electron chi connectivity index (χ0n) is 19.9. The molecule has 14 heteroatoms. The number of hydrogen-bond acceptors (Lipinski definition) is 10. The molecule has 4 aliphatic rings. The van der Waals surface area contributed by atoms with E-state index in [4.69, 9.17) is 19.0 Å². The Hall–Kier alpha value is -3.04. The molecular formula is C24H25F3N2O9. The number of hydroxylamine groups is 2. The first-order valence-corrected chi connectivity index (χ1v) is 11.9. The molecule has 11 nitrogen and oxygen atoms in total. The van der Waals surface area contributed by atoms with E-state index in [1.54, 1.807) is 24.3 Å². The van der Waals surface area contributed by atoms with Crippen molar-refractivity contribution in [1.29, 1.82) is 0 Å². The van der Waals surface area contributed by atoms with Gasteiger partial charge in [0.25, 0.3) is 0 Å². The number of ether oxygens (including phenoxy) is 4. The number of aliphatic hydroxyl groups excluding tert-OH is 1. The van der Waals surface area contributed by atoms with Gasteiger partial charge in [0.1, 0.15) is 36.6 Å². The summed E-state index contributed by atoms with van der Waals surface area (Å²) < 4.78 is 58.2. The van der Waals surface area contributed by atoms with Gasteiger partial charge in [-0.15, -0.1) is 0 Å². The lowest BCUT2D eigenvalue weighted by atomic mass is 9.62. The van der Waals surface area contributed by atoms with Crippen molar-refractivity contribution in [2.75, 3.05) is 26.6 Å². The lowest BCUT2D eigenvalue weighted by Crippen LogP contribution is -2.69. The van der Waals surface area contributed by atoms with E-state index < -0.39 is 66.5 Å². The second-order valence-corrected chi connectivity index (χ2v) is 9.34. The molecule has 2 N–H and O–H groups in total. The fourth-order valence-corrected chi connectivity index (χ4v) is 5.53. The van der Waals surface area contributed by atoms with Gasteiger partial charge in [-0.3, -0.25) is 14.4 Å². The minimum absolute atomic E-state index is 0.0245. The third kappa shape index (κ3) is 4.78. The average Bonchev–Trinajstić information content (AvgIpc) is 3.49. The van der Waals surface area contributed by atoms with Crippen molar-refractivity contribution in [3.63, 3.8) is 0 Å². The van der Waals surface area contributed by atoms with Gasteiger partial charge in [0.05, 0.1) is 13.2 Å². The van der Waals surface area contributed by atoms with Crippen LogP contribution in [0.2, 0.25) is 0 Å². The van der Waals surface area contributed by atoms with Gasteiger partial charge in [-0.25, -0.2) is 4.79 Å². The summed E-state index contributed by atoms with van der Waals surface area (Å²) in [4.78, 5) is 44.7. The first-order valence-electron chi connectivity index (χ1n) is 11.9. The summed E-state index contributed by atoms with van der Waals surface area (Å²) in [5.41, 5.74) is -0.378. The van der Waals surface area contributed by atoms with Gasteiger partial charge in [0.15, 0.2) is 12.6 Å². The predicted octanol–water partition coefficient (Wildman–Crippen LogP) is 0.455. The van der Waals surface area contributed by atoms with Crippen LogP contribution in [0.15, 0.2) is 30.3 Å². The van der Waals surface area contributed by atoms with Crippen molar-refractivity contribution in [3.8, 4) is 0 Å². The zero-order valence-corrected chi connectivity index (χ0v) is 19.9. The number of hydrogen-bond donors (Lipinski definition) is 2. The maximum Gasteiger partial charge on any atom is 0.422 e. The van der Waals surface area contributed by atoms with Crippen LogP contribution >= 0.6 is 0 Å². The first kappa shape index (κ1) is 26.6. The molecule has 2 bridgehead atoms. The third-order valence-corrected chi connectivity index (χ3v) is 7.05. The molecule has 1 aliphatic carbocycles. The zero-order chi connectivity index (χ0) is 27.1. The molecule has 0 unspecified atom stereocenters. The van der Waals surface area contributed by atoms with E-state index in [9.17, 15) is 32.7 Å². The standard InChI is InChI=1S/C24H25F3N2O9/c25-24(26,27)11-34-16(31)6-5-13-3-1-2-4-14(13)10-29-19-21(32)37-15-9-23(19,22(33)28-7-8-30)20(38-29)18-17(15)35-12-36-18/h1-6,15,17-20,30H,7-12H2,(H,28,33)/t15-,17+,18+,19+,20-,23+/m1/s1. The van der Waals surface area contributed by atoms with E-state index in [0.29, 0.717) is 11.1 Å². The van der Waals surface area contributed by atoms with E-state index in [0.717, 1.165) is 6.08 Å². The Balaban J connectivity index is 1.42. The normalized spacial score (nSPS) is 32.2. The lowest BCUT2D eigenvalue weighted by Gasteiger charge is -2.48. The molecule has 3 heterocycles. The summed E-state index contributed by atoms with van der Waals surface area (Å²) in [6.45, 7) is -2.12. The summed E-state index contributed by atoms with van der Waals surface area (Å²) in [6, 6.07) is 5.50. The molecule has 0 radical (unpaired) electrons. The molecule has 38 heavy (non-hydrogen) atoms. The highest BCUT2D eigenvalue weighted by Gasteiger charge is 2.74. The van der Waals surface area contributed by atoms with Crippen molar-refractivity contribution in [2.45, 2.75) is 49.6 Å². The van der Waals surface area contributed by atoms with Gasteiger partial charge in [-0.1, -0.05) is 24.3 Å². The molecular weight excluding hydrogens is 517 g/mol. The van der Waals surface area contributed by atoms with Crippen molar-refractivity contribution in [2.24, 2.45) is 5.41 Å². The number of benzene rings is 1. The smallest absolute Gasteiger partial charge is 0.422 e. The molecule has 1 aromatic rings. The molecule has 6 atom stereocenters. The van der Waals surface area contributed by atoms with Gasteiger partial charge in [-0.2, -0.15) is 18.2 Å². The summed E-state index contributed by atoms with van der Waals surface area (Å²) in [5.74, 6) is -2.34. The van der Waals surface area contributed by atoms with E-state index >= 15 is 0 Å². The summed E-state index contributed by atoms with van der Waals surface area (Å²) in [7, 11) is 0. The maximum absolute atomic E-state index is 13.5. The molecule has 3 aliphatic heterocycles. The number of alkyl halides is 3. The number of aliphatic hydroxyl groups is 1. The van der Waals surface area contributed by atoms with Crippen molar-refractivity contribution in [1.82, 2.24) is 10.4 Å². The van der Waals surface area contributed by atoms with E-state index in [1.165, 1.54) is 11.1 Å². The molecule has 1 saturated carbocycles. The Morgan fingerprint density at radius 2 is 2.00 bits per heavy atom. The van der Waals surface area contributed by atoms with Crippen LogP contribution in [0.1, 0.15) is 17.5 Å². The fraction of sp³-hybridized carbons (Fsp3) is 0.542. The molecule has 5 rings (SSSR count). The Bertz CT molecular complexity index is 1130. The molecule has 0 spiro atoms.